The fraction of sp³-hybridized carbons (Fsp3) is 0.105. The zero-order valence-corrected chi connectivity index (χ0v) is 15.6. The number of aromatic nitrogens is 2. The van der Waals surface area contributed by atoms with Gasteiger partial charge in [-0.2, -0.15) is 0 Å². The number of aryl methyl sites for hydroxylation is 1. The highest BCUT2D eigenvalue weighted by molar-refractivity contribution is 8.02. The first kappa shape index (κ1) is 18.4. The monoisotopic (exact) mass is 385 g/mol. The average Bonchev–Trinajstić information content (AvgIpc) is 2.65. The molecule has 0 spiro atoms. The van der Waals surface area contributed by atoms with E-state index < -0.39 is 0 Å². The fourth-order valence-electron chi connectivity index (χ4n) is 2.14. The van der Waals surface area contributed by atoms with E-state index in [9.17, 15) is 9.18 Å². The van der Waals surface area contributed by atoms with Crippen molar-refractivity contribution in [2.45, 2.75) is 21.9 Å². The van der Waals surface area contributed by atoms with Gasteiger partial charge in [0.1, 0.15) is 15.9 Å². The molecule has 1 heterocycles. The van der Waals surface area contributed by atoms with Gasteiger partial charge in [0.25, 0.3) is 0 Å². The van der Waals surface area contributed by atoms with E-state index in [0.29, 0.717) is 16.3 Å². The van der Waals surface area contributed by atoms with E-state index in [-0.39, 0.29) is 17.5 Å². The third-order valence-corrected chi connectivity index (χ3v) is 5.48. The van der Waals surface area contributed by atoms with Crippen LogP contribution >= 0.6 is 23.5 Å². The van der Waals surface area contributed by atoms with Crippen LogP contribution in [0.4, 0.5) is 10.1 Å². The Labute approximate surface area is 159 Å². The summed E-state index contributed by atoms with van der Waals surface area (Å²) in [6.07, 6.45) is 3.25. The molecule has 132 valence electrons. The quantitative estimate of drug-likeness (QED) is 0.618. The van der Waals surface area contributed by atoms with E-state index >= 15 is 0 Å². The number of nitrogens with one attached hydrogen (secondary N) is 1. The summed E-state index contributed by atoms with van der Waals surface area (Å²) in [7, 11) is 0. The Hall–Kier alpha value is -2.38. The Morgan fingerprint density at radius 1 is 1.08 bits per heavy atom. The van der Waals surface area contributed by atoms with Gasteiger partial charge in [-0.25, -0.2) is 14.4 Å². The second-order valence-corrected chi connectivity index (χ2v) is 7.41. The van der Waals surface area contributed by atoms with Crippen LogP contribution in [-0.4, -0.2) is 21.6 Å². The van der Waals surface area contributed by atoms with Crippen molar-refractivity contribution in [2.75, 3.05) is 11.1 Å². The van der Waals surface area contributed by atoms with Crippen LogP contribution in [0, 0.1) is 12.7 Å². The fourth-order valence-corrected chi connectivity index (χ4v) is 3.86. The molecule has 2 aromatic carbocycles. The van der Waals surface area contributed by atoms with Gasteiger partial charge in [0.05, 0.1) is 5.75 Å². The number of hydrogen-bond acceptors (Lipinski definition) is 5. The average molecular weight is 385 g/mol. The number of halogens is 1. The molecule has 0 aliphatic rings. The number of anilines is 1. The minimum Gasteiger partial charge on any atom is -0.325 e. The number of rotatable bonds is 6. The molecule has 0 bridgehead atoms. The van der Waals surface area contributed by atoms with Crippen molar-refractivity contribution in [1.29, 1.82) is 0 Å². The molecule has 4 nitrogen and oxygen atoms in total. The summed E-state index contributed by atoms with van der Waals surface area (Å²) >= 11 is 2.83. The van der Waals surface area contributed by atoms with Crippen LogP contribution in [0.15, 0.2) is 75.9 Å². The minimum absolute atomic E-state index is 0.178. The van der Waals surface area contributed by atoms with E-state index in [1.165, 1.54) is 29.6 Å². The number of hydrogen-bond donors (Lipinski definition) is 1. The van der Waals surface area contributed by atoms with E-state index in [2.05, 4.69) is 15.3 Å². The molecule has 0 aliphatic carbocycles. The largest absolute Gasteiger partial charge is 0.325 e. The number of amides is 1. The van der Waals surface area contributed by atoms with Gasteiger partial charge in [0.15, 0.2) is 0 Å². The highest BCUT2D eigenvalue weighted by Gasteiger charge is 2.11. The van der Waals surface area contributed by atoms with E-state index in [0.717, 1.165) is 9.92 Å². The summed E-state index contributed by atoms with van der Waals surface area (Å²) in [5.74, 6) is -0.279. The van der Waals surface area contributed by atoms with Crippen LogP contribution in [0.25, 0.3) is 0 Å². The maximum absolute atomic E-state index is 13.3. The molecule has 3 rings (SSSR count). The molecule has 0 atom stereocenters. The lowest BCUT2D eigenvalue weighted by molar-refractivity contribution is -0.113. The second kappa shape index (κ2) is 8.82. The molecular formula is C19H16FN3OS2. The lowest BCUT2D eigenvalue weighted by atomic mass is 10.2. The van der Waals surface area contributed by atoms with Gasteiger partial charge >= 0.3 is 0 Å². The van der Waals surface area contributed by atoms with Crippen molar-refractivity contribution >= 4 is 35.1 Å². The summed E-state index contributed by atoms with van der Waals surface area (Å²) in [4.78, 5) is 21.9. The van der Waals surface area contributed by atoms with Crippen LogP contribution < -0.4 is 5.32 Å². The summed E-state index contributed by atoms with van der Waals surface area (Å²) in [6, 6.07) is 14.4. The maximum atomic E-state index is 13.3. The van der Waals surface area contributed by atoms with E-state index in [1.54, 1.807) is 31.5 Å². The smallest absolute Gasteiger partial charge is 0.234 e. The van der Waals surface area contributed by atoms with Crippen LogP contribution in [0.1, 0.15) is 5.56 Å². The van der Waals surface area contributed by atoms with Gasteiger partial charge in [-0.15, -0.1) is 0 Å². The van der Waals surface area contributed by atoms with Crippen molar-refractivity contribution in [1.82, 2.24) is 9.97 Å². The van der Waals surface area contributed by atoms with Crippen molar-refractivity contribution in [2.24, 2.45) is 0 Å². The molecule has 3 aromatic rings. The van der Waals surface area contributed by atoms with Gasteiger partial charge in [0, 0.05) is 23.0 Å². The first-order valence-electron chi connectivity index (χ1n) is 7.84. The normalized spacial score (nSPS) is 10.5. The van der Waals surface area contributed by atoms with Crippen LogP contribution in [-0.2, 0) is 4.79 Å². The Bertz CT molecular complexity index is 906. The SMILES string of the molecule is Cc1cc(NC(=O)CSc2nccnc2Sc2ccccc2)ccc1F. The summed E-state index contributed by atoms with van der Waals surface area (Å²) < 4.78 is 13.3. The summed E-state index contributed by atoms with van der Waals surface area (Å²) in [6.45, 7) is 1.66. The lowest BCUT2D eigenvalue weighted by Crippen LogP contribution is -2.14. The minimum atomic E-state index is -0.292. The number of nitrogens with zero attached hydrogens (tertiary/aromatic N) is 2. The Morgan fingerprint density at radius 2 is 1.81 bits per heavy atom. The van der Waals surface area contributed by atoms with Gasteiger partial charge < -0.3 is 5.32 Å². The predicted molar refractivity (Wildman–Crippen MR) is 103 cm³/mol. The molecule has 0 fully saturated rings. The third-order valence-electron chi connectivity index (χ3n) is 3.37. The highest BCUT2D eigenvalue weighted by atomic mass is 32.2. The molecule has 26 heavy (non-hydrogen) atoms. The molecule has 1 amide bonds. The van der Waals surface area contributed by atoms with Crippen LogP contribution in [0.3, 0.4) is 0 Å². The third kappa shape index (κ3) is 5.06. The topological polar surface area (TPSA) is 54.9 Å². The second-order valence-electron chi connectivity index (χ2n) is 5.38. The van der Waals surface area contributed by atoms with Gasteiger partial charge in [0.2, 0.25) is 5.91 Å². The Morgan fingerprint density at radius 3 is 2.54 bits per heavy atom. The number of carbonyl (C=O) groups excluding carboxylic acids is 1. The Balaban J connectivity index is 1.62. The Kier molecular flexibility index (Phi) is 6.25. The number of thioether (sulfide) groups is 1. The van der Waals surface area contributed by atoms with Crippen molar-refractivity contribution < 1.29 is 9.18 Å². The number of benzene rings is 2. The molecule has 0 unspecified atom stereocenters. The van der Waals surface area contributed by atoms with Crippen molar-refractivity contribution in [3.05, 3.63) is 72.3 Å². The van der Waals surface area contributed by atoms with Gasteiger partial charge in [-0.1, -0.05) is 41.7 Å². The molecule has 7 heteroatoms. The van der Waals surface area contributed by atoms with E-state index in [1.807, 2.05) is 30.3 Å². The molecule has 0 aliphatic heterocycles. The molecule has 1 N–H and O–H groups in total. The van der Waals surface area contributed by atoms with Gasteiger partial charge in [-0.3, -0.25) is 4.79 Å². The molecule has 1 aromatic heterocycles. The predicted octanol–water partition coefficient (Wildman–Crippen LogP) is 4.81. The molecule has 0 saturated carbocycles. The first-order chi connectivity index (χ1) is 12.6. The van der Waals surface area contributed by atoms with Gasteiger partial charge in [-0.05, 0) is 42.8 Å². The zero-order chi connectivity index (χ0) is 18.4. The van der Waals surface area contributed by atoms with Crippen molar-refractivity contribution in [3.63, 3.8) is 0 Å². The van der Waals surface area contributed by atoms with Crippen LogP contribution in [0.5, 0.6) is 0 Å². The highest BCUT2D eigenvalue weighted by Crippen LogP contribution is 2.32. The molecule has 0 saturated heterocycles. The van der Waals surface area contributed by atoms with E-state index in [4.69, 9.17) is 0 Å². The van der Waals surface area contributed by atoms with Crippen molar-refractivity contribution in [3.8, 4) is 0 Å². The molecular weight excluding hydrogens is 369 g/mol. The van der Waals surface area contributed by atoms with Crippen LogP contribution in [0.2, 0.25) is 0 Å². The maximum Gasteiger partial charge on any atom is 0.234 e. The lowest BCUT2D eigenvalue weighted by Gasteiger charge is -2.08. The molecule has 0 radical (unpaired) electrons. The summed E-state index contributed by atoms with van der Waals surface area (Å²) in [5.41, 5.74) is 1.07. The number of carbonyl (C=O) groups is 1. The summed E-state index contributed by atoms with van der Waals surface area (Å²) in [5, 5.41) is 4.23. The zero-order valence-electron chi connectivity index (χ0n) is 14.0. The standard InChI is InChI=1S/C19H16FN3OS2/c1-13-11-14(7-8-16(13)20)23-17(24)12-25-18-19(22-10-9-21-18)26-15-5-3-2-4-6-15/h2-11H,12H2,1H3,(H,23,24). The first-order valence-corrected chi connectivity index (χ1v) is 9.65.